The minimum Gasteiger partial charge on any atom is -0.368 e. The Bertz CT molecular complexity index is 761. The third kappa shape index (κ3) is 3.30. The summed E-state index contributed by atoms with van der Waals surface area (Å²) in [6.07, 6.45) is 3.73. The third-order valence-corrected chi connectivity index (χ3v) is 4.34. The van der Waals surface area contributed by atoms with Gasteiger partial charge in [0.25, 0.3) is 11.6 Å². The van der Waals surface area contributed by atoms with Gasteiger partial charge in [-0.2, -0.15) is 0 Å². The molecular formula is C16H16ClN4O3+. The molecule has 1 aliphatic rings. The number of rotatable bonds is 3. The Hall–Kier alpha value is -2.67. The number of amides is 1. The molecule has 1 saturated heterocycles. The van der Waals surface area contributed by atoms with E-state index in [1.54, 1.807) is 4.90 Å². The van der Waals surface area contributed by atoms with Crippen LogP contribution in [0.2, 0.25) is 5.02 Å². The van der Waals surface area contributed by atoms with Crippen LogP contribution in [0, 0.1) is 10.1 Å². The molecule has 1 fully saturated rings. The Labute approximate surface area is 143 Å². The fraction of sp³-hybridized carbons (Fsp3) is 0.250. The predicted octanol–water partition coefficient (Wildman–Crippen LogP) is 2.02. The Balaban J connectivity index is 1.68. The van der Waals surface area contributed by atoms with E-state index in [1.165, 1.54) is 18.2 Å². The Morgan fingerprint density at radius 2 is 1.79 bits per heavy atom. The first-order valence-electron chi connectivity index (χ1n) is 7.50. The lowest BCUT2D eigenvalue weighted by Crippen LogP contribution is -2.48. The zero-order valence-electron chi connectivity index (χ0n) is 12.8. The summed E-state index contributed by atoms with van der Waals surface area (Å²) in [7, 11) is 0. The molecule has 0 radical (unpaired) electrons. The maximum atomic E-state index is 12.6. The predicted molar refractivity (Wildman–Crippen MR) is 89.2 cm³/mol. The van der Waals surface area contributed by atoms with Crippen molar-refractivity contribution < 1.29 is 14.7 Å². The highest BCUT2D eigenvalue weighted by Crippen LogP contribution is 2.24. The highest BCUT2D eigenvalue weighted by molar-refractivity contribution is 6.34. The number of nitro groups is 1. The van der Waals surface area contributed by atoms with Crippen LogP contribution in [0.1, 0.15) is 10.4 Å². The van der Waals surface area contributed by atoms with Crippen molar-refractivity contribution in [3.63, 3.8) is 0 Å². The molecule has 1 aromatic heterocycles. The van der Waals surface area contributed by atoms with Crippen LogP contribution < -0.4 is 9.88 Å². The molecule has 1 aliphatic heterocycles. The van der Waals surface area contributed by atoms with E-state index in [0.717, 1.165) is 18.8 Å². The number of non-ortho nitro benzene ring substituents is 1. The number of anilines is 1. The summed E-state index contributed by atoms with van der Waals surface area (Å²) in [4.78, 5) is 29.7. The molecule has 0 spiro atoms. The second kappa shape index (κ2) is 6.84. The molecule has 0 bridgehead atoms. The largest absolute Gasteiger partial charge is 0.368 e. The number of carbonyl (C=O) groups is 1. The van der Waals surface area contributed by atoms with Gasteiger partial charge in [0, 0.05) is 56.1 Å². The summed E-state index contributed by atoms with van der Waals surface area (Å²) in [6.45, 7) is 2.59. The number of hydrogen-bond acceptors (Lipinski definition) is 4. The monoisotopic (exact) mass is 347 g/mol. The van der Waals surface area contributed by atoms with Crippen LogP contribution in [-0.4, -0.2) is 41.9 Å². The first kappa shape index (κ1) is 16.2. The standard InChI is InChI=1S/C16H15ClN4O3/c17-15-11-13(21(23)24)1-2-14(15)16(22)20-9-7-19(8-10-20)12-3-5-18-6-4-12/h1-6,11H,7-10H2/p+1. The second-order valence-electron chi connectivity index (χ2n) is 5.46. The van der Waals surface area contributed by atoms with Gasteiger partial charge in [-0.1, -0.05) is 11.6 Å². The molecular weight excluding hydrogens is 332 g/mol. The minimum absolute atomic E-state index is 0.107. The molecule has 2 aromatic rings. The van der Waals surface area contributed by atoms with Crippen molar-refractivity contribution in [2.24, 2.45) is 0 Å². The van der Waals surface area contributed by atoms with Crippen LogP contribution in [0.25, 0.3) is 0 Å². The van der Waals surface area contributed by atoms with Crippen LogP contribution >= 0.6 is 11.6 Å². The molecule has 7 nitrogen and oxygen atoms in total. The molecule has 1 N–H and O–H groups in total. The number of halogens is 1. The number of aromatic amines is 1. The van der Waals surface area contributed by atoms with Crippen LogP contribution in [0.15, 0.2) is 42.7 Å². The second-order valence-corrected chi connectivity index (χ2v) is 5.87. The Kier molecular flexibility index (Phi) is 4.61. The quantitative estimate of drug-likeness (QED) is 0.628. The van der Waals surface area contributed by atoms with Gasteiger partial charge in [-0.25, -0.2) is 4.98 Å². The molecule has 1 amide bonds. The summed E-state index contributed by atoms with van der Waals surface area (Å²) < 4.78 is 0. The van der Waals surface area contributed by atoms with Gasteiger partial charge in [-0.05, 0) is 6.07 Å². The fourth-order valence-electron chi connectivity index (χ4n) is 2.72. The van der Waals surface area contributed by atoms with Crippen LogP contribution in [-0.2, 0) is 0 Å². The van der Waals surface area contributed by atoms with Gasteiger partial charge in [0.05, 0.1) is 15.5 Å². The van der Waals surface area contributed by atoms with Crippen LogP contribution in [0.3, 0.4) is 0 Å². The van der Waals surface area contributed by atoms with Gasteiger partial charge in [0.1, 0.15) is 0 Å². The van der Waals surface area contributed by atoms with E-state index < -0.39 is 4.92 Å². The Morgan fingerprint density at radius 3 is 2.38 bits per heavy atom. The van der Waals surface area contributed by atoms with E-state index in [-0.39, 0.29) is 16.6 Å². The molecule has 2 heterocycles. The lowest BCUT2D eigenvalue weighted by atomic mass is 10.1. The van der Waals surface area contributed by atoms with E-state index in [4.69, 9.17) is 11.6 Å². The SMILES string of the molecule is O=C(c1ccc([N+](=O)[O-])cc1Cl)N1CCN(c2cc[nH+]cc2)CC1. The lowest BCUT2D eigenvalue weighted by molar-refractivity contribution is -0.384. The summed E-state index contributed by atoms with van der Waals surface area (Å²) >= 11 is 6.05. The average molecular weight is 348 g/mol. The number of benzene rings is 1. The van der Waals surface area contributed by atoms with Gasteiger partial charge < -0.3 is 9.80 Å². The van der Waals surface area contributed by atoms with Gasteiger partial charge >= 0.3 is 0 Å². The highest BCUT2D eigenvalue weighted by atomic mass is 35.5. The normalized spacial score (nSPS) is 14.5. The number of pyridine rings is 1. The molecule has 124 valence electrons. The molecule has 0 saturated carbocycles. The number of nitro benzene ring substituents is 1. The van der Waals surface area contributed by atoms with Gasteiger partial charge in [0.2, 0.25) is 0 Å². The number of nitrogens with zero attached hydrogens (tertiary/aromatic N) is 3. The number of piperazine rings is 1. The maximum absolute atomic E-state index is 12.6. The van der Waals surface area contributed by atoms with E-state index in [1.807, 2.05) is 24.5 Å². The van der Waals surface area contributed by atoms with Crippen molar-refractivity contribution in [1.82, 2.24) is 4.90 Å². The first-order chi connectivity index (χ1) is 11.6. The van der Waals surface area contributed by atoms with Crippen molar-refractivity contribution in [3.8, 4) is 0 Å². The number of hydrogen-bond donors (Lipinski definition) is 0. The van der Waals surface area contributed by atoms with Crippen molar-refractivity contribution >= 4 is 28.9 Å². The van der Waals surface area contributed by atoms with Crippen LogP contribution in [0.5, 0.6) is 0 Å². The molecule has 3 rings (SSSR count). The molecule has 1 aromatic carbocycles. The first-order valence-corrected chi connectivity index (χ1v) is 7.88. The zero-order valence-corrected chi connectivity index (χ0v) is 13.6. The average Bonchev–Trinajstić information content (AvgIpc) is 2.62. The number of nitrogens with one attached hydrogen (secondary N) is 1. The van der Waals surface area contributed by atoms with E-state index in [2.05, 4.69) is 9.88 Å². The van der Waals surface area contributed by atoms with Gasteiger partial charge in [-0.15, -0.1) is 0 Å². The van der Waals surface area contributed by atoms with E-state index >= 15 is 0 Å². The topological polar surface area (TPSA) is 80.8 Å². The zero-order chi connectivity index (χ0) is 17.1. The van der Waals surface area contributed by atoms with E-state index in [0.29, 0.717) is 18.7 Å². The van der Waals surface area contributed by atoms with Gasteiger partial charge in [-0.3, -0.25) is 14.9 Å². The lowest BCUT2D eigenvalue weighted by Gasteiger charge is -2.36. The van der Waals surface area contributed by atoms with Crippen LogP contribution in [0.4, 0.5) is 11.4 Å². The van der Waals surface area contributed by atoms with Crippen molar-refractivity contribution in [1.29, 1.82) is 0 Å². The molecule has 24 heavy (non-hydrogen) atoms. The Morgan fingerprint density at radius 1 is 1.12 bits per heavy atom. The van der Waals surface area contributed by atoms with E-state index in [9.17, 15) is 14.9 Å². The number of aromatic nitrogens is 1. The fourth-order valence-corrected chi connectivity index (χ4v) is 2.97. The third-order valence-electron chi connectivity index (χ3n) is 4.03. The number of carbonyl (C=O) groups excluding carboxylic acids is 1. The maximum Gasteiger partial charge on any atom is 0.270 e. The van der Waals surface area contributed by atoms with Crippen molar-refractivity contribution in [3.05, 3.63) is 63.4 Å². The smallest absolute Gasteiger partial charge is 0.270 e. The highest BCUT2D eigenvalue weighted by Gasteiger charge is 2.24. The summed E-state index contributed by atoms with van der Waals surface area (Å²) in [5, 5.41) is 10.9. The van der Waals surface area contributed by atoms with Crippen molar-refractivity contribution in [2.75, 3.05) is 31.1 Å². The van der Waals surface area contributed by atoms with Crippen molar-refractivity contribution in [2.45, 2.75) is 0 Å². The minimum atomic E-state index is -0.532. The molecule has 0 atom stereocenters. The molecule has 8 heteroatoms. The van der Waals surface area contributed by atoms with Gasteiger partial charge in [0.15, 0.2) is 12.4 Å². The molecule has 0 unspecified atom stereocenters. The molecule has 0 aliphatic carbocycles. The summed E-state index contributed by atoms with van der Waals surface area (Å²) in [5.74, 6) is -0.198. The summed E-state index contributed by atoms with van der Waals surface area (Å²) in [5.41, 5.74) is 1.28. The summed E-state index contributed by atoms with van der Waals surface area (Å²) in [6, 6.07) is 7.92. The number of H-pyrrole nitrogens is 1.